The predicted octanol–water partition coefficient (Wildman–Crippen LogP) is 3.52. The minimum absolute atomic E-state index is 0.220. The summed E-state index contributed by atoms with van der Waals surface area (Å²) in [6.45, 7) is 1.72. The van der Waals surface area contributed by atoms with E-state index in [1.54, 1.807) is 24.4 Å². The lowest BCUT2D eigenvalue weighted by atomic mass is 10.1. The van der Waals surface area contributed by atoms with Gasteiger partial charge in [-0.2, -0.15) is 0 Å². The van der Waals surface area contributed by atoms with E-state index in [0.29, 0.717) is 10.4 Å². The Morgan fingerprint density at radius 1 is 1.28 bits per heavy atom. The summed E-state index contributed by atoms with van der Waals surface area (Å²) in [4.78, 5) is 12.4. The van der Waals surface area contributed by atoms with Gasteiger partial charge in [-0.05, 0) is 36.1 Å². The minimum atomic E-state index is -0.912. The normalized spacial score (nSPS) is 12.2. The van der Waals surface area contributed by atoms with Crippen LogP contribution in [0.5, 0.6) is 0 Å². The van der Waals surface area contributed by atoms with E-state index < -0.39 is 11.6 Å². The maximum atomic E-state index is 13.1. The second kappa shape index (κ2) is 5.27. The molecule has 0 aliphatic heterocycles. The zero-order valence-corrected chi connectivity index (χ0v) is 10.4. The molecule has 0 radical (unpaired) electrons. The maximum Gasteiger partial charge on any atom is 0.261 e. The number of benzene rings is 1. The van der Waals surface area contributed by atoms with Crippen LogP contribution in [0.3, 0.4) is 0 Å². The highest BCUT2D eigenvalue weighted by Crippen LogP contribution is 2.17. The molecule has 0 saturated carbocycles. The first-order valence-electron chi connectivity index (χ1n) is 5.37. The van der Waals surface area contributed by atoms with Gasteiger partial charge in [0.2, 0.25) is 0 Å². The molecule has 0 aliphatic carbocycles. The Bertz CT molecular complexity index is 554. The molecule has 94 valence electrons. The van der Waals surface area contributed by atoms with Crippen LogP contribution in [-0.2, 0) is 0 Å². The molecule has 1 N–H and O–H groups in total. The highest BCUT2D eigenvalue weighted by molar-refractivity contribution is 7.12. The van der Waals surface area contributed by atoms with E-state index >= 15 is 0 Å². The molecule has 18 heavy (non-hydrogen) atoms. The summed E-state index contributed by atoms with van der Waals surface area (Å²) in [6, 6.07) is 6.71. The molecule has 2 rings (SSSR count). The van der Waals surface area contributed by atoms with E-state index in [2.05, 4.69) is 5.32 Å². The lowest BCUT2D eigenvalue weighted by molar-refractivity contribution is 0.0944. The number of carbonyl (C=O) groups is 1. The van der Waals surface area contributed by atoms with Gasteiger partial charge in [-0.3, -0.25) is 4.79 Å². The van der Waals surface area contributed by atoms with Gasteiger partial charge in [-0.1, -0.05) is 12.1 Å². The molecule has 1 aromatic heterocycles. The lowest BCUT2D eigenvalue weighted by Crippen LogP contribution is -2.25. The largest absolute Gasteiger partial charge is 0.345 e. The predicted molar refractivity (Wildman–Crippen MR) is 66.6 cm³/mol. The van der Waals surface area contributed by atoms with E-state index in [4.69, 9.17) is 0 Å². The maximum absolute atomic E-state index is 13.1. The summed E-state index contributed by atoms with van der Waals surface area (Å²) in [5, 5.41) is 4.53. The third kappa shape index (κ3) is 2.73. The van der Waals surface area contributed by atoms with Crippen molar-refractivity contribution in [3.8, 4) is 0 Å². The summed E-state index contributed by atoms with van der Waals surface area (Å²) in [7, 11) is 0. The summed E-state index contributed by atoms with van der Waals surface area (Å²) in [5.41, 5.74) is 0.527. The van der Waals surface area contributed by atoms with E-state index in [1.165, 1.54) is 17.4 Å². The van der Waals surface area contributed by atoms with E-state index in [0.717, 1.165) is 12.1 Å². The van der Waals surface area contributed by atoms with E-state index in [1.807, 2.05) is 0 Å². The van der Waals surface area contributed by atoms with Crippen LogP contribution in [-0.4, -0.2) is 5.91 Å². The summed E-state index contributed by atoms with van der Waals surface area (Å²) in [6.07, 6.45) is 0. The van der Waals surface area contributed by atoms with Crippen LogP contribution in [0.2, 0.25) is 0 Å². The fraction of sp³-hybridized carbons (Fsp3) is 0.154. The molecule has 0 saturated heterocycles. The molecule has 5 heteroatoms. The van der Waals surface area contributed by atoms with Crippen molar-refractivity contribution < 1.29 is 13.6 Å². The molecular weight excluding hydrogens is 256 g/mol. The van der Waals surface area contributed by atoms with Gasteiger partial charge in [0.05, 0.1) is 10.9 Å². The zero-order chi connectivity index (χ0) is 13.1. The van der Waals surface area contributed by atoms with Gasteiger partial charge in [0.1, 0.15) is 0 Å². The number of hydrogen-bond acceptors (Lipinski definition) is 2. The average molecular weight is 267 g/mol. The van der Waals surface area contributed by atoms with Gasteiger partial charge in [0.25, 0.3) is 5.91 Å². The SMILES string of the molecule is CC(NC(=O)c1cccs1)c1ccc(F)c(F)c1. The zero-order valence-electron chi connectivity index (χ0n) is 9.61. The van der Waals surface area contributed by atoms with Crippen molar-refractivity contribution in [2.24, 2.45) is 0 Å². The summed E-state index contributed by atoms with van der Waals surface area (Å²) >= 11 is 1.33. The number of hydrogen-bond donors (Lipinski definition) is 1. The van der Waals surface area contributed by atoms with Gasteiger partial charge in [-0.15, -0.1) is 11.3 Å². The molecule has 1 aromatic carbocycles. The third-order valence-corrected chi connectivity index (χ3v) is 3.40. The average Bonchev–Trinajstić information content (AvgIpc) is 2.86. The fourth-order valence-electron chi connectivity index (χ4n) is 1.54. The quantitative estimate of drug-likeness (QED) is 0.905. The molecule has 2 nitrogen and oxygen atoms in total. The van der Waals surface area contributed by atoms with Crippen molar-refractivity contribution >= 4 is 17.2 Å². The van der Waals surface area contributed by atoms with Gasteiger partial charge < -0.3 is 5.32 Å². The highest BCUT2D eigenvalue weighted by Gasteiger charge is 2.13. The Labute approximate surface area is 107 Å². The number of thiophene rings is 1. The van der Waals surface area contributed by atoms with Crippen LogP contribution < -0.4 is 5.32 Å². The smallest absolute Gasteiger partial charge is 0.261 e. The minimum Gasteiger partial charge on any atom is -0.345 e. The molecule has 0 spiro atoms. The number of halogens is 2. The fourth-order valence-corrected chi connectivity index (χ4v) is 2.17. The molecule has 0 fully saturated rings. The Morgan fingerprint density at radius 2 is 2.06 bits per heavy atom. The molecule has 0 aliphatic rings. The van der Waals surface area contributed by atoms with Gasteiger partial charge in [0.15, 0.2) is 11.6 Å². The molecule has 1 heterocycles. The van der Waals surface area contributed by atoms with Crippen molar-refractivity contribution in [3.05, 3.63) is 57.8 Å². The van der Waals surface area contributed by atoms with Crippen molar-refractivity contribution in [2.75, 3.05) is 0 Å². The van der Waals surface area contributed by atoms with Crippen LogP contribution in [0.25, 0.3) is 0 Å². The van der Waals surface area contributed by atoms with Crippen LogP contribution in [0, 0.1) is 11.6 Å². The standard InChI is InChI=1S/C13H11F2NOS/c1-8(9-4-5-10(14)11(15)7-9)16-13(17)12-3-2-6-18-12/h2-8H,1H3,(H,16,17). The Hall–Kier alpha value is -1.75. The molecule has 2 aromatic rings. The Morgan fingerprint density at radius 3 is 2.67 bits per heavy atom. The van der Waals surface area contributed by atoms with Crippen LogP contribution in [0.4, 0.5) is 8.78 Å². The van der Waals surface area contributed by atoms with Gasteiger partial charge in [-0.25, -0.2) is 8.78 Å². The highest BCUT2D eigenvalue weighted by atomic mass is 32.1. The van der Waals surface area contributed by atoms with Crippen molar-refractivity contribution in [3.63, 3.8) is 0 Å². The third-order valence-electron chi connectivity index (χ3n) is 2.54. The number of rotatable bonds is 3. The Kier molecular flexibility index (Phi) is 3.72. The number of nitrogens with one attached hydrogen (secondary N) is 1. The molecule has 1 atom stereocenters. The topological polar surface area (TPSA) is 29.1 Å². The van der Waals surface area contributed by atoms with E-state index in [9.17, 15) is 13.6 Å². The van der Waals surface area contributed by atoms with Gasteiger partial charge >= 0.3 is 0 Å². The second-order valence-electron chi connectivity index (χ2n) is 3.85. The monoisotopic (exact) mass is 267 g/mol. The van der Waals surface area contributed by atoms with Crippen molar-refractivity contribution in [1.82, 2.24) is 5.32 Å². The molecule has 0 bridgehead atoms. The first-order chi connectivity index (χ1) is 8.58. The summed E-state index contributed by atoms with van der Waals surface area (Å²) < 4.78 is 25.9. The van der Waals surface area contributed by atoms with Crippen molar-refractivity contribution in [1.29, 1.82) is 0 Å². The van der Waals surface area contributed by atoms with Gasteiger partial charge in [0, 0.05) is 0 Å². The molecular formula is C13H11F2NOS. The second-order valence-corrected chi connectivity index (χ2v) is 4.79. The van der Waals surface area contributed by atoms with Crippen molar-refractivity contribution in [2.45, 2.75) is 13.0 Å². The van der Waals surface area contributed by atoms with Crippen LogP contribution >= 0.6 is 11.3 Å². The van der Waals surface area contributed by atoms with Crippen LogP contribution in [0.15, 0.2) is 35.7 Å². The van der Waals surface area contributed by atoms with Crippen LogP contribution in [0.1, 0.15) is 28.2 Å². The number of carbonyl (C=O) groups excluding carboxylic acids is 1. The first kappa shape index (κ1) is 12.7. The Balaban J connectivity index is 2.10. The first-order valence-corrected chi connectivity index (χ1v) is 6.25. The number of amides is 1. The summed E-state index contributed by atoms with van der Waals surface area (Å²) in [5.74, 6) is -2.03. The molecule has 1 unspecified atom stereocenters. The van der Waals surface area contributed by atoms with E-state index in [-0.39, 0.29) is 11.9 Å². The lowest BCUT2D eigenvalue weighted by Gasteiger charge is -2.13. The molecule has 1 amide bonds.